The number of fused-ring (bicyclic) bond motifs is 1. The van der Waals surface area contributed by atoms with E-state index in [0.717, 1.165) is 29.4 Å². The van der Waals surface area contributed by atoms with Crippen molar-refractivity contribution in [3.63, 3.8) is 0 Å². The van der Waals surface area contributed by atoms with Gasteiger partial charge in [-0.1, -0.05) is 0 Å². The van der Waals surface area contributed by atoms with E-state index in [9.17, 15) is 4.79 Å². The second-order valence-corrected chi connectivity index (χ2v) is 4.92. The molecule has 0 bridgehead atoms. The third kappa shape index (κ3) is 2.32. The van der Waals surface area contributed by atoms with Gasteiger partial charge in [0.1, 0.15) is 0 Å². The first-order valence-corrected chi connectivity index (χ1v) is 6.36. The molecule has 2 aromatic rings. The van der Waals surface area contributed by atoms with Crippen LogP contribution in [0.2, 0.25) is 0 Å². The highest BCUT2D eigenvalue weighted by molar-refractivity contribution is 5.83. The normalized spacial score (nSPS) is 14.9. The van der Waals surface area contributed by atoms with Gasteiger partial charge in [-0.15, -0.1) is 0 Å². The summed E-state index contributed by atoms with van der Waals surface area (Å²) in [4.78, 5) is 11.6. The van der Waals surface area contributed by atoms with E-state index in [-0.39, 0.29) is 5.91 Å². The maximum absolute atomic E-state index is 11.6. The zero-order chi connectivity index (χ0) is 12.5. The lowest BCUT2D eigenvalue weighted by atomic mass is 10.2. The maximum atomic E-state index is 11.6. The molecule has 1 aromatic carbocycles. The van der Waals surface area contributed by atoms with Gasteiger partial charge in [-0.3, -0.25) is 4.79 Å². The third-order valence-corrected chi connectivity index (χ3v) is 3.32. The average molecular weight is 243 g/mol. The molecule has 94 valence electrons. The van der Waals surface area contributed by atoms with Crippen molar-refractivity contribution in [2.75, 3.05) is 5.73 Å². The summed E-state index contributed by atoms with van der Waals surface area (Å²) < 4.78 is 2.10. The molecule has 1 aliphatic carbocycles. The highest BCUT2D eigenvalue weighted by atomic mass is 16.1. The van der Waals surface area contributed by atoms with Crippen LogP contribution in [-0.4, -0.2) is 16.5 Å². The summed E-state index contributed by atoms with van der Waals surface area (Å²) in [7, 11) is 0. The molecule has 1 heterocycles. The van der Waals surface area contributed by atoms with Crippen molar-refractivity contribution < 1.29 is 4.79 Å². The largest absolute Gasteiger partial charge is 0.399 e. The quantitative estimate of drug-likeness (QED) is 0.806. The van der Waals surface area contributed by atoms with Crippen molar-refractivity contribution in [1.29, 1.82) is 0 Å². The van der Waals surface area contributed by atoms with Crippen molar-refractivity contribution >= 4 is 22.5 Å². The van der Waals surface area contributed by atoms with E-state index < -0.39 is 0 Å². The van der Waals surface area contributed by atoms with Gasteiger partial charge in [-0.2, -0.15) is 0 Å². The van der Waals surface area contributed by atoms with Gasteiger partial charge in [0.25, 0.3) is 0 Å². The number of aryl methyl sites for hydroxylation is 1. The Balaban J connectivity index is 1.68. The molecule has 1 saturated carbocycles. The topological polar surface area (TPSA) is 60.0 Å². The number of nitrogens with zero attached hydrogens (tertiary/aromatic N) is 1. The van der Waals surface area contributed by atoms with Gasteiger partial charge in [-0.25, -0.2) is 0 Å². The van der Waals surface area contributed by atoms with Crippen LogP contribution in [-0.2, 0) is 11.3 Å². The molecular formula is C14H17N3O. The molecule has 4 nitrogen and oxygen atoms in total. The lowest BCUT2D eigenvalue weighted by Crippen LogP contribution is -2.26. The number of hydrogen-bond donors (Lipinski definition) is 2. The van der Waals surface area contributed by atoms with Crippen LogP contribution in [0.4, 0.5) is 5.69 Å². The van der Waals surface area contributed by atoms with Crippen LogP contribution in [0.5, 0.6) is 0 Å². The third-order valence-electron chi connectivity index (χ3n) is 3.32. The van der Waals surface area contributed by atoms with Gasteiger partial charge in [0.05, 0.1) is 0 Å². The Kier molecular flexibility index (Phi) is 2.70. The molecule has 18 heavy (non-hydrogen) atoms. The van der Waals surface area contributed by atoms with E-state index in [0.29, 0.717) is 19.0 Å². The van der Waals surface area contributed by atoms with Crippen LogP contribution >= 0.6 is 0 Å². The van der Waals surface area contributed by atoms with Gasteiger partial charge >= 0.3 is 0 Å². The molecule has 0 spiro atoms. The molecule has 0 atom stereocenters. The SMILES string of the molecule is Nc1ccc2c(ccn2CCC(=O)NC2CC2)c1. The number of hydrogen-bond acceptors (Lipinski definition) is 2. The zero-order valence-corrected chi connectivity index (χ0v) is 10.2. The van der Waals surface area contributed by atoms with E-state index in [1.807, 2.05) is 30.5 Å². The van der Waals surface area contributed by atoms with E-state index in [4.69, 9.17) is 5.73 Å². The molecule has 1 amide bonds. The molecule has 4 heteroatoms. The Morgan fingerprint density at radius 2 is 2.22 bits per heavy atom. The molecule has 3 rings (SSSR count). The van der Waals surface area contributed by atoms with Gasteiger partial charge in [0.2, 0.25) is 5.91 Å². The van der Waals surface area contributed by atoms with Crippen LogP contribution < -0.4 is 11.1 Å². The maximum Gasteiger partial charge on any atom is 0.222 e. The van der Waals surface area contributed by atoms with E-state index in [1.54, 1.807) is 0 Å². The number of rotatable bonds is 4. The fourth-order valence-electron chi connectivity index (χ4n) is 2.16. The number of amides is 1. The number of anilines is 1. The summed E-state index contributed by atoms with van der Waals surface area (Å²) in [5.41, 5.74) is 7.64. The molecular weight excluding hydrogens is 226 g/mol. The van der Waals surface area contributed by atoms with Crippen molar-refractivity contribution in [2.24, 2.45) is 0 Å². The van der Waals surface area contributed by atoms with Crippen LogP contribution in [0.3, 0.4) is 0 Å². The van der Waals surface area contributed by atoms with Crippen molar-refractivity contribution in [2.45, 2.75) is 31.8 Å². The number of benzene rings is 1. The minimum atomic E-state index is 0.148. The lowest BCUT2D eigenvalue weighted by Gasteiger charge is -2.06. The summed E-state index contributed by atoms with van der Waals surface area (Å²) in [5, 5.41) is 4.12. The standard InChI is InChI=1S/C14H17N3O/c15-11-1-4-13-10(9-11)5-7-17(13)8-6-14(18)16-12-2-3-12/h1,4-5,7,9,12H,2-3,6,8,15H2,(H,16,18). The van der Waals surface area contributed by atoms with Crippen molar-refractivity contribution in [1.82, 2.24) is 9.88 Å². The molecule has 3 N–H and O–H groups in total. The highest BCUT2D eigenvalue weighted by Gasteiger charge is 2.22. The highest BCUT2D eigenvalue weighted by Crippen LogP contribution is 2.20. The summed E-state index contributed by atoms with van der Waals surface area (Å²) in [5.74, 6) is 0.148. The first-order valence-electron chi connectivity index (χ1n) is 6.36. The first-order chi connectivity index (χ1) is 8.72. The zero-order valence-electron chi connectivity index (χ0n) is 10.2. The van der Waals surface area contributed by atoms with Gasteiger partial charge in [0, 0.05) is 41.8 Å². The first kappa shape index (κ1) is 11.1. The van der Waals surface area contributed by atoms with Crippen LogP contribution in [0, 0.1) is 0 Å². The average Bonchev–Trinajstić information content (AvgIpc) is 3.06. The number of nitrogens with one attached hydrogen (secondary N) is 1. The number of nitrogen functional groups attached to an aromatic ring is 1. The minimum absolute atomic E-state index is 0.148. The van der Waals surface area contributed by atoms with Gasteiger partial charge < -0.3 is 15.6 Å². The number of aromatic nitrogens is 1. The Bertz CT molecular complexity index is 584. The number of nitrogens with two attached hydrogens (primary N) is 1. The fourth-order valence-corrected chi connectivity index (χ4v) is 2.16. The van der Waals surface area contributed by atoms with Crippen LogP contribution in [0.1, 0.15) is 19.3 Å². The van der Waals surface area contributed by atoms with Gasteiger partial charge in [0.15, 0.2) is 0 Å². The fraction of sp³-hybridized carbons (Fsp3) is 0.357. The minimum Gasteiger partial charge on any atom is -0.399 e. The Hall–Kier alpha value is -1.97. The van der Waals surface area contributed by atoms with Crippen molar-refractivity contribution in [3.05, 3.63) is 30.5 Å². The van der Waals surface area contributed by atoms with Crippen LogP contribution in [0.25, 0.3) is 10.9 Å². The molecule has 0 saturated heterocycles. The second-order valence-electron chi connectivity index (χ2n) is 4.92. The van der Waals surface area contributed by atoms with Gasteiger partial charge in [-0.05, 0) is 37.1 Å². The molecule has 1 aliphatic rings. The van der Waals surface area contributed by atoms with Crippen molar-refractivity contribution in [3.8, 4) is 0 Å². The Morgan fingerprint density at radius 3 is 3.00 bits per heavy atom. The summed E-state index contributed by atoms with van der Waals surface area (Å²) in [6.45, 7) is 0.714. The Morgan fingerprint density at radius 1 is 1.39 bits per heavy atom. The molecule has 1 aromatic heterocycles. The lowest BCUT2D eigenvalue weighted by molar-refractivity contribution is -0.121. The summed E-state index contributed by atoms with van der Waals surface area (Å²) >= 11 is 0. The Labute approximate surface area is 106 Å². The predicted octanol–water partition coefficient (Wildman–Crippen LogP) is 1.89. The summed E-state index contributed by atoms with van der Waals surface area (Å²) in [6, 6.07) is 8.33. The van der Waals surface area contributed by atoms with E-state index >= 15 is 0 Å². The predicted molar refractivity (Wildman–Crippen MR) is 72.1 cm³/mol. The summed E-state index contributed by atoms with van der Waals surface area (Å²) in [6.07, 6.45) is 4.81. The van der Waals surface area contributed by atoms with E-state index in [1.165, 1.54) is 0 Å². The molecule has 1 fully saturated rings. The number of carbonyl (C=O) groups excluding carboxylic acids is 1. The smallest absolute Gasteiger partial charge is 0.222 e. The molecule has 0 unspecified atom stereocenters. The molecule has 0 aliphatic heterocycles. The van der Waals surface area contributed by atoms with E-state index in [2.05, 4.69) is 9.88 Å². The number of carbonyl (C=O) groups is 1. The molecule has 0 radical (unpaired) electrons. The second kappa shape index (κ2) is 4.37. The van der Waals surface area contributed by atoms with Crippen LogP contribution in [0.15, 0.2) is 30.5 Å². The monoisotopic (exact) mass is 243 g/mol.